The number of rotatable bonds is 7. The minimum atomic E-state index is -4.74. The van der Waals surface area contributed by atoms with Crippen molar-refractivity contribution in [3.63, 3.8) is 0 Å². The summed E-state index contributed by atoms with van der Waals surface area (Å²) in [5.74, 6) is -4.99. The largest absolute Gasteiger partial charge is 0.452 e. The topological polar surface area (TPSA) is 89.5 Å². The van der Waals surface area contributed by atoms with Crippen molar-refractivity contribution >= 4 is 33.3 Å². The van der Waals surface area contributed by atoms with E-state index < -0.39 is 39.0 Å². The maximum Gasteiger partial charge on any atom is 0.341 e. The van der Waals surface area contributed by atoms with Gasteiger partial charge in [0.25, 0.3) is 5.91 Å². The summed E-state index contributed by atoms with van der Waals surface area (Å²) in [7, 11) is -4.74. The van der Waals surface area contributed by atoms with Gasteiger partial charge >= 0.3 is 11.7 Å². The Morgan fingerprint density at radius 1 is 1.04 bits per heavy atom. The minimum Gasteiger partial charge on any atom is -0.452 e. The molecule has 0 aliphatic carbocycles. The van der Waals surface area contributed by atoms with Crippen molar-refractivity contribution in [1.82, 2.24) is 5.32 Å². The summed E-state index contributed by atoms with van der Waals surface area (Å²) in [6, 6.07) is 10.6. The fourth-order valence-corrected chi connectivity index (χ4v) is 2.80. The van der Waals surface area contributed by atoms with Gasteiger partial charge in [0.05, 0.1) is 10.5 Å². The summed E-state index contributed by atoms with van der Waals surface area (Å²) >= 11 is 5.75. The number of carbonyl (C=O) groups is 2. The van der Waals surface area contributed by atoms with E-state index in [-0.39, 0.29) is 12.1 Å². The second-order valence-corrected chi connectivity index (χ2v) is 7.66. The minimum absolute atomic E-state index is 0.0753. The maximum absolute atomic E-state index is 12.5. The SMILES string of the molecule is O=C(COC(=O)c1ccc(S(=O)(=O)C(F)F)cc1)NCc1ccc(Cl)cc1. The van der Waals surface area contributed by atoms with Crippen LogP contribution in [0, 0.1) is 0 Å². The van der Waals surface area contributed by atoms with E-state index >= 15 is 0 Å². The van der Waals surface area contributed by atoms with Gasteiger partial charge in [-0.3, -0.25) is 4.79 Å². The number of ether oxygens (including phenoxy) is 1. The molecule has 1 N–H and O–H groups in total. The number of carbonyl (C=O) groups excluding carboxylic acids is 2. The average Bonchev–Trinajstić information content (AvgIpc) is 2.65. The Kier molecular flexibility index (Phi) is 6.86. The Bertz CT molecular complexity index is 915. The average molecular weight is 418 g/mol. The lowest BCUT2D eigenvalue weighted by atomic mass is 10.2. The third-order valence-corrected chi connectivity index (χ3v) is 5.04. The molecule has 0 fully saturated rings. The van der Waals surface area contributed by atoms with Crippen LogP contribution in [0.15, 0.2) is 53.4 Å². The molecule has 0 spiro atoms. The van der Waals surface area contributed by atoms with Gasteiger partial charge in [-0.25, -0.2) is 13.2 Å². The molecule has 27 heavy (non-hydrogen) atoms. The van der Waals surface area contributed by atoms with Crippen LogP contribution in [0.1, 0.15) is 15.9 Å². The van der Waals surface area contributed by atoms with Crippen LogP contribution in [-0.4, -0.2) is 32.7 Å². The van der Waals surface area contributed by atoms with E-state index in [0.717, 1.165) is 29.8 Å². The second-order valence-electron chi connectivity index (χ2n) is 5.31. The molecule has 0 atom stereocenters. The van der Waals surface area contributed by atoms with Gasteiger partial charge in [-0.1, -0.05) is 23.7 Å². The maximum atomic E-state index is 12.5. The number of hydrogen-bond acceptors (Lipinski definition) is 5. The highest BCUT2D eigenvalue weighted by molar-refractivity contribution is 7.91. The van der Waals surface area contributed by atoms with Gasteiger partial charge in [0, 0.05) is 11.6 Å². The predicted molar refractivity (Wildman–Crippen MR) is 93.2 cm³/mol. The highest BCUT2D eigenvalue weighted by Crippen LogP contribution is 2.18. The highest BCUT2D eigenvalue weighted by Gasteiger charge is 2.26. The molecule has 2 aromatic carbocycles. The van der Waals surface area contributed by atoms with Crippen molar-refractivity contribution in [2.45, 2.75) is 17.2 Å². The number of esters is 1. The number of benzene rings is 2. The smallest absolute Gasteiger partial charge is 0.341 e. The molecule has 0 heterocycles. The number of sulfone groups is 1. The molecule has 10 heteroatoms. The lowest BCUT2D eigenvalue weighted by Gasteiger charge is -2.08. The van der Waals surface area contributed by atoms with Crippen LogP contribution in [0.3, 0.4) is 0 Å². The molecular formula is C17H14ClF2NO5S. The normalized spacial score (nSPS) is 11.3. The summed E-state index contributed by atoms with van der Waals surface area (Å²) in [6.07, 6.45) is 0. The van der Waals surface area contributed by atoms with E-state index in [1.54, 1.807) is 24.3 Å². The van der Waals surface area contributed by atoms with Crippen LogP contribution in [-0.2, 0) is 25.9 Å². The quantitative estimate of drug-likeness (QED) is 0.700. The van der Waals surface area contributed by atoms with Crippen LogP contribution in [0.4, 0.5) is 8.78 Å². The molecule has 144 valence electrons. The van der Waals surface area contributed by atoms with Gasteiger partial charge in [-0.15, -0.1) is 0 Å². The van der Waals surface area contributed by atoms with Crippen LogP contribution in [0.2, 0.25) is 5.02 Å². The van der Waals surface area contributed by atoms with Crippen LogP contribution < -0.4 is 5.32 Å². The zero-order valence-corrected chi connectivity index (χ0v) is 15.3. The number of alkyl halides is 2. The standard InChI is InChI=1S/C17H14ClF2NO5S/c18-13-5-1-11(2-6-13)9-21-15(22)10-26-16(23)12-3-7-14(8-4-12)27(24,25)17(19)20/h1-8,17H,9-10H2,(H,21,22). The summed E-state index contributed by atoms with van der Waals surface area (Å²) in [4.78, 5) is 22.9. The summed E-state index contributed by atoms with van der Waals surface area (Å²) in [6.45, 7) is -0.336. The van der Waals surface area contributed by atoms with Crippen molar-refractivity contribution in [3.8, 4) is 0 Å². The van der Waals surface area contributed by atoms with Crippen molar-refractivity contribution in [2.75, 3.05) is 6.61 Å². The van der Waals surface area contributed by atoms with Crippen LogP contribution in [0.5, 0.6) is 0 Å². The van der Waals surface area contributed by atoms with E-state index in [4.69, 9.17) is 16.3 Å². The molecule has 0 bridgehead atoms. The zero-order chi connectivity index (χ0) is 20.0. The van der Waals surface area contributed by atoms with Crippen molar-refractivity contribution in [3.05, 3.63) is 64.7 Å². The van der Waals surface area contributed by atoms with Gasteiger partial charge in [0.15, 0.2) is 6.61 Å². The molecule has 0 radical (unpaired) electrons. The molecule has 0 aliphatic rings. The number of hydrogen-bond donors (Lipinski definition) is 1. The zero-order valence-electron chi connectivity index (χ0n) is 13.7. The molecule has 0 aromatic heterocycles. The first-order chi connectivity index (χ1) is 12.7. The second kappa shape index (κ2) is 8.92. The highest BCUT2D eigenvalue weighted by atomic mass is 35.5. The first-order valence-corrected chi connectivity index (χ1v) is 9.43. The third-order valence-electron chi connectivity index (χ3n) is 3.39. The van der Waals surface area contributed by atoms with Gasteiger partial charge in [0.2, 0.25) is 9.84 Å². The van der Waals surface area contributed by atoms with Gasteiger partial charge in [-0.05, 0) is 42.0 Å². The molecular weight excluding hydrogens is 404 g/mol. The van der Waals surface area contributed by atoms with E-state index in [9.17, 15) is 26.8 Å². The van der Waals surface area contributed by atoms with Gasteiger partial charge < -0.3 is 10.1 Å². The predicted octanol–water partition coefficient (Wildman–Crippen LogP) is 2.81. The fraction of sp³-hybridized carbons (Fsp3) is 0.176. The lowest BCUT2D eigenvalue weighted by Crippen LogP contribution is -2.28. The first-order valence-electron chi connectivity index (χ1n) is 7.50. The van der Waals surface area contributed by atoms with Crippen molar-refractivity contribution in [1.29, 1.82) is 0 Å². The fourth-order valence-electron chi connectivity index (χ4n) is 1.95. The molecule has 0 saturated carbocycles. The molecule has 2 rings (SSSR count). The lowest BCUT2D eigenvalue weighted by molar-refractivity contribution is -0.124. The van der Waals surface area contributed by atoms with Crippen LogP contribution >= 0.6 is 11.6 Å². The van der Waals surface area contributed by atoms with E-state index in [1.807, 2.05) is 0 Å². The first kappa shape index (κ1) is 20.8. The Balaban J connectivity index is 1.86. The third kappa shape index (κ3) is 5.73. The molecule has 0 saturated heterocycles. The van der Waals surface area contributed by atoms with Crippen LogP contribution in [0.25, 0.3) is 0 Å². The summed E-state index contributed by atoms with van der Waals surface area (Å²) < 4.78 is 52.3. The Morgan fingerprint density at radius 2 is 1.63 bits per heavy atom. The summed E-state index contributed by atoms with van der Waals surface area (Å²) in [5.41, 5.74) is 0.726. The van der Waals surface area contributed by atoms with E-state index in [0.29, 0.717) is 5.02 Å². The molecule has 0 aliphatic heterocycles. The number of nitrogens with one attached hydrogen (secondary N) is 1. The molecule has 2 aromatic rings. The van der Waals surface area contributed by atoms with E-state index in [2.05, 4.69) is 5.32 Å². The Labute approximate surface area is 159 Å². The number of halogens is 3. The summed E-state index contributed by atoms with van der Waals surface area (Å²) in [5, 5.41) is 3.11. The Hall–Kier alpha value is -2.52. The Morgan fingerprint density at radius 3 is 2.19 bits per heavy atom. The molecule has 0 unspecified atom stereocenters. The van der Waals surface area contributed by atoms with Crippen molar-refractivity contribution < 1.29 is 31.5 Å². The van der Waals surface area contributed by atoms with Crippen molar-refractivity contribution in [2.24, 2.45) is 0 Å². The van der Waals surface area contributed by atoms with Gasteiger partial charge in [0.1, 0.15) is 0 Å². The number of amides is 1. The van der Waals surface area contributed by atoms with Gasteiger partial charge in [-0.2, -0.15) is 8.78 Å². The van der Waals surface area contributed by atoms with E-state index in [1.165, 1.54) is 0 Å². The molecule has 6 nitrogen and oxygen atoms in total. The monoisotopic (exact) mass is 417 g/mol. The molecule has 1 amide bonds.